The number of nitriles is 1. The van der Waals surface area contributed by atoms with Gasteiger partial charge in [-0.05, 0) is 46.3 Å². The van der Waals surface area contributed by atoms with Crippen molar-refractivity contribution in [2.24, 2.45) is 0 Å². The lowest BCUT2D eigenvalue weighted by molar-refractivity contribution is 0.977. The van der Waals surface area contributed by atoms with E-state index in [1.807, 2.05) is 34.9 Å². The maximum Gasteiger partial charge on any atom is 0.129 e. The highest BCUT2D eigenvalue weighted by Gasteiger charge is 2.16. The Morgan fingerprint density at radius 1 is 1.24 bits per heavy atom. The van der Waals surface area contributed by atoms with Gasteiger partial charge in [0.1, 0.15) is 17.4 Å². The molecule has 104 valence electrons. The van der Waals surface area contributed by atoms with Gasteiger partial charge in [0.2, 0.25) is 0 Å². The first-order valence-corrected chi connectivity index (χ1v) is 8.19. The van der Waals surface area contributed by atoms with E-state index in [1.165, 1.54) is 0 Å². The second-order valence-electron chi connectivity index (χ2n) is 4.38. The van der Waals surface area contributed by atoms with Crippen LogP contribution in [0.3, 0.4) is 0 Å². The fourth-order valence-electron chi connectivity index (χ4n) is 2.26. The summed E-state index contributed by atoms with van der Waals surface area (Å²) in [6, 6.07) is 13.6. The molecule has 3 rings (SSSR count). The number of alkyl halides is 1. The predicted octanol–water partition coefficient (Wildman–Crippen LogP) is 5.16. The second kappa shape index (κ2) is 5.80. The molecular formula is C15H8Br2ClN3. The standard InChI is InChI=1S/C15H8Br2ClN3/c16-10-4-5-12(11(17)6-10)21-13-3-1-2-9(8-19)15(13)20-14(21)7-18/h1-6H,7H2. The zero-order valence-electron chi connectivity index (χ0n) is 10.6. The molecule has 1 aromatic heterocycles. The molecule has 21 heavy (non-hydrogen) atoms. The largest absolute Gasteiger partial charge is 0.294 e. The van der Waals surface area contributed by atoms with Crippen molar-refractivity contribution < 1.29 is 0 Å². The number of para-hydroxylation sites is 1. The highest BCUT2D eigenvalue weighted by Crippen LogP contribution is 2.31. The zero-order chi connectivity index (χ0) is 15.0. The average molecular weight is 426 g/mol. The molecule has 3 aromatic rings. The Labute approximate surface area is 143 Å². The molecule has 0 radical (unpaired) electrons. The molecule has 3 nitrogen and oxygen atoms in total. The molecule has 0 bridgehead atoms. The minimum Gasteiger partial charge on any atom is -0.294 e. The van der Waals surface area contributed by atoms with Gasteiger partial charge in [-0.25, -0.2) is 4.98 Å². The molecule has 0 aliphatic rings. The van der Waals surface area contributed by atoms with E-state index in [-0.39, 0.29) is 5.88 Å². The lowest BCUT2D eigenvalue weighted by Gasteiger charge is -2.10. The Morgan fingerprint density at radius 3 is 2.71 bits per heavy atom. The van der Waals surface area contributed by atoms with Crippen LogP contribution in [-0.4, -0.2) is 9.55 Å². The van der Waals surface area contributed by atoms with Crippen LogP contribution in [0.4, 0.5) is 0 Å². The maximum atomic E-state index is 9.22. The predicted molar refractivity (Wildman–Crippen MR) is 90.7 cm³/mol. The third-order valence-corrected chi connectivity index (χ3v) is 4.51. The molecule has 0 saturated heterocycles. The number of imidazole rings is 1. The van der Waals surface area contributed by atoms with Gasteiger partial charge in [0.05, 0.1) is 22.6 Å². The first-order valence-electron chi connectivity index (χ1n) is 6.07. The minimum atomic E-state index is 0.266. The van der Waals surface area contributed by atoms with Crippen molar-refractivity contribution in [2.45, 2.75) is 5.88 Å². The van der Waals surface area contributed by atoms with Crippen molar-refractivity contribution in [1.29, 1.82) is 5.26 Å². The number of fused-ring (bicyclic) bond motifs is 1. The van der Waals surface area contributed by atoms with Crippen molar-refractivity contribution in [3.63, 3.8) is 0 Å². The minimum absolute atomic E-state index is 0.266. The number of nitrogens with zero attached hydrogens (tertiary/aromatic N) is 3. The smallest absolute Gasteiger partial charge is 0.129 e. The third-order valence-electron chi connectivity index (χ3n) is 3.15. The Bertz CT molecular complexity index is 880. The summed E-state index contributed by atoms with van der Waals surface area (Å²) in [6.45, 7) is 0. The number of halogens is 3. The molecule has 0 unspecified atom stereocenters. The lowest BCUT2D eigenvalue weighted by Crippen LogP contribution is -2.00. The average Bonchev–Trinajstić information content (AvgIpc) is 2.85. The van der Waals surface area contributed by atoms with Crippen LogP contribution in [-0.2, 0) is 5.88 Å². The van der Waals surface area contributed by atoms with Gasteiger partial charge >= 0.3 is 0 Å². The summed E-state index contributed by atoms with van der Waals surface area (Å²) in [5.74, 6) is 0.972. The molecule has 0 aliphatic carbocycles. The maximum absolute atomic E-state index is 9.22. The van der Waals surface area contributed by atoms with Gasteiger partial charge in [-0.3, -0.25) is 4.57 Å². The summed E-state index contributed by atoms with van der Waals surface area (Å²) in [5.41, 5.74) is 3.02. The lowest BCUT2D eigenvalue weighted by atomic mass is 10.2. The fourth-order valence-corrected chi connectivity index (χ4v) is 3.66. The molecule has 2 aromatic carbocycles. The van der Waals surface area contributed by atoms with Crippen LogP contribution in [0.15, 0.2) is 45.3 Å². The van der Waals surface area contributed by atoms with Gasteiger partial charge in [0.15, 0.2) is 0 Å². The molecule has 0 atom stereocenters. The Hall–Kier alpha value is -1.35. The van der Waals surface area contributed by atoms with Crippen molar-refractivity contribution in [3.05, 3.63) is 56.7 Å². The first kappa shape index (κ1) is 14.6. The van der Waals surface area contributed by atoms with Crippen LogP contribution in [0.1, 0.15) is 11.4 Å². The van der Waals surface area contributed by atoms with Crippen LogP contribution in [0.2, 0.25) is 0 Å². The normalized spacial score (nSPS) is 10.8. The molecule has 0 N–H and O–H groups in total. The Balaban J connectivity index is 2.39. The molecule has 0 amide bonds. The summed E-state index contributed by atoms with van der Waals surface area (Å²) in [7, 11) is 0. The molecule has 0 spiro atoms. The third kappa shape index (κ3) is 2.48. The summed E-state index contributed by atoms with van der Waals surface area (Å²) >= 11 is 13.1. The van der Waals surface area contributed by atoms with Crippen molar-refractivity contribution in [2.75, 3.05) is 0 Å². The molecule has 1 heterocycles. The molecule has 0 fully saturated rings. The van der Waals surface area contributed by atoms with Crippen LogP contribution < -0.4 is 0 Å². The van der Waals surface area contributed by atoms with Gasteiger partial charge < -0.3 is 0 Å². The summed E-state index contributed by atoms with van der Waals surface area (Å²) < 4.78 is 3.87. The summed E-state index contributed by atoms with van der Waals surface area (Å²) in [5, 5.41) is 9.22. The van der Waals surface area contributed by atoms with E-state index in [9.17, 15) is 5.26 Å². The molecular weight excluding hydrogens is 417 g/mol. The number of benzene rings is 2. The number of aromatic nitrogens is 2. The van der Waals surface area contributed by atoms with Gasteiger partial charge in [-0.15, -0.1) is 11.6 Å². The first-order chi connectivity index (χ1) is 10.2. The number of hydrogen-bond acceptors (Lipinski definition) is 2. The van der Waals surface area contributed by atoms with Crippen molar-refractivity contribution >= 4 is 54.5 Å². The van der Waals surface area contributed by atoms with E-state index in [0.717, 1.165) is 20.1 Å². The zero-order valence-corrected chi connectivity index (χ0v) is 14.6. The Kier molecular flexibility index (Phi) is 4.03. The van der Waals surface area contributed by atoms with Crippen LogP contribution in [0.25, 0.3) is 16.7 Å². The van der Waals surface area contributed by atoms with E-state index in [0.29, 0.717) is 16.9 Å². The number of hydrogen-bond donors (Lipinski definition) is 0. The van der Waals surface area contributed by atoms with E-state index >= 15 is 0 Å². The quantitative estimate of drug-likeness (QED) is 0.532. The number of rotatable bonds is 2. The Morgan fingerprint density at radius 2 is 2.05 bits per heavy atom. The van der Waals surface area contributed by atoms with E-state index in [1.54, 1.807) is 6.07 Å². The highest BCUT2D eigenvalue weighted by atomic mass is 79.9. The topological polar surface area (TPSA) is 41.6 Å². The SMILES string of the molecule is N#Cc1cccc2c1nc(CCl)n2-c1ccc(Br)cc1Br. The fraction of sp³-hybridized carbons (Fsp3) is 0.0667. The second-order valence-corrected chi connectivity index (χ2v) is 6.42. The van der Waals surface area contributed by atoms with Crippen molar-refractivity contribution in [3.8, 4) is 11.8 Å². The summed E-state index contributed by atoms with van der Waals surface area (Å²) in [6.07, 6.45) is 0. The van der Waals surface area contributed by atoms with E-state index < -0.39 is 0 Å². The molecule has 0 saturated carbocycles. The molecule has 0 aliphatic heterocycles. The van der Waals surface area contributed by atoms with E-state index in [2.05, 4.69) is 42.9 Å². The van der Waals surface area contributed by atoms with Crippen molar-refractivity contribution in [1.82, 2.24) is 9.55 Å². The van der Waals surface area contributed by atoms with Crippen LogP contribution in [0, 0.1) is 11.3 Å². The summed E-state index contributed by atoms with van der Waals surface area (Å²) in [4.78, 5) is 4.52. The van der Waals surface area contributed by atoms with Crippen LogP contribution >= 0.6 is 43.5 Å². The van der Waals surface area contributed by atoms with Gasteiger partial charge in [-0.2, -0.15) is 5.26 Å². The van der Waals surface area contributed by atoms with E-state index in [4.69, 9.17) is 11.6 Å². The van der Waals surface area contributed by atoms with Crippen LogP contribution in [0.5, 0.6) is 0 Å². The monoisotopic (exact) mass is 423 g/mol. The van der Waals surface area contributed by atoms with Gasteiger partial charge in [0.25, 0.3) is 0 Å². The van der Waals surface area contributed by atoms with Gasteiger partial charge in [-0.1, -0.05) is 22.0 Å². The molecule has 6 heteroatoms. The highest BCUT2D eigenvalue weighted by molar-refractivity contribution is 9.11. The van der Waals surface area contributed by atoms with Gasteiger partial charge in [0, 0.05) is 8.95 Å².